The van der Waals surface area contributed by atoms with E-state index >= 15 is 0 Å². The molecule has 1 fully saturated rings. The van der Waals surface area contributed by atoms with Gasteiger partial charge in [-0.3, -0.25) is 14.5 Å². The van der Waals surface area contributed by atoms with Gasteiger partial charge >= 0.3 is 5.97 Å². The molecule has 0 spiro atoms. The van der Waals surface area contributed by atoms with E-state index in [0.29, 0.717) is 32.0 Å². The molecule has 0 aliphatic carbocycles. The van der Waals surface area contributed by atoms with Gasteiger partial charge in [-0.25, -0.2) is 4.79 Å². The molecule has 1 aromatic rings. The fraction of sp³-hybridized carbons (Fsp3) is 0.438. The molecule has 3 rings (SSSR count). The van der Waals surface area contributed by atoms with Crippen LogP contribution in [0.1, 0.15) is 20.7 Å². The first-order chi connectivity index (χ1) is 11.5. The number of halogens is 1. The third kappa shape index (κ3) is 3.02. The van der Waals surface area contributed by atoms with E-state index in [2.05, 4.69) is 9.64 Å². The Morgan fingerprint density at radius 1 is 1.25 bits per heavy atom. The summed E-state index contributed by atoms with van der Waals surface area (Å²) in [5.41, 5.74) is 0.725. The summed E-state index contributed by atoms with van der Waals surface area (Å²) in [7, 11) is 1.26. The first-order valence-corrected chi connectivity index (χ1v) is 7.99. The van der Waals surface area contributed by atoms with Crippen LogP contribution in [0, 0.1) is 0 Å². The van der Waals surface area contributed by atoms with Gasteiger partial charge in [0.25, 0.3) is 11.7 Å². The Bertz CT molecular complexity index is 700. The van der Waals surface area contributed by atoms with Crippen LogP contribution in [0.5, 0.6) is 0 Å². The average molecular weight is 353 g/mol. The molecule has 0 radical (unpaired) electrons. The smallest absolute Gasteiger partial charge is 0.337 e. The fourth-order valence-corrected chi connectivity index (χ4v) is 3.19. The summed E-state index contributed by atoms with van der Waals surface area (Å²) in [6.45, 7) is 3.83. The Labute approximate surface area is 144 Å². The predicted octanol–water partition coefficient (Wildman–Crippen LogP) is 0.988. The average Bonchev–Trinajstić information content (AvgIpc) is 2.84. The number of benzene rings is 1. The van der Waals surface area contributed by atoms with Crippen molar-refractivity contribution in [3.63, 3.8) is 0 Å². The molecule has 1 saturated heterocycles. The summed E-state index contributed by atoms with van der Waals surface area (Å²) in [6, 6.07) is 2.83. The van der Waals surface area contributed by atoms with Gasteiger partial charge in [-0.2, -0.15) is 0 Å². The fourth-order valence-electron chi connectivity index (χ4n) is 2.89. The zero-order valence-corrected chi connectivity index (χ0v) is 14.0. The van der Waals surface area contributed by atoms with Crippen LogP contribution in [-0.4, -0.2) is 69.1 Å². The lowest BCUT2D eigenvalue weighted by molar-refractivity contribution is -0.114. The van der Waals surface area contributed by atoms with Gasteiger partial charge in [-0.05, 0) is 12.1 Å². The van der Waals surface area contributed by atoms with Crippen LogP contribution in [0.15, 0.2) is 12.1 Å². The van der Waals surface area contributed by atoms with Crippen LogP contribution in [0.2, 0.25) is 5.02 Å². The number of fused-ring (bicyclic) bond motifs is 1. The van der Waals surface area contributed by atoms with Gasteiger partial charge in [0.1, 0.15) is 0 Å². The van der Waals surface area contributed by atoms with E-state index < -0.39 is 17.7 Å². The van der Waals surface area contributed by atoms with Gasteiger partial charge in [0.15, 0.2) is 0 Å². The molecule has 24 heavy (non-hydrogen) atoms. The summed E-state index contributed by atoms with van der Waals surface area (Å²) < 4.78 is 9.98. The summed E-state index contributed by atoms with van der Waals surface area (Å²) in [5.74, 6) is -1.84. The summed E-state index contributed by atoms with van der Waals surface area (Å²) >= 11 is 6.12. The van der Waals surface area contributed by atoms with E-state index in [-0.39, 0.29) is 16.1 Å². The zero-order valence-electron chi connectivity index (χ0n) is 13.2. The maximum absolute atomic E-state index is 12.3. The Morgan fingerprint density at radius 2 is 1.96 bits per heavy atom. The number of morpholine rings is 1. The minimum atomic E-state index is -0.645. The second-order valence-corrected chi connectivity index (χ2v) is 5.99. The lowest BCUT2D eigenvalue weighted by Gasteiger charge is -2.28. The first-order valence-electron chi connectivity index (χ1n) is 7.61. The second-order valence-electron chi connectivity index (χ2n) is 5.58. The van der Waals surface area contributed by atoms with Gasteiger partial charge in [0, 0.05) is 26.2 Å². The van der Waals surface area contributed by atoms with Crippen molar-refractivity contribution >= 4 is 34.9 Å². The van der Waals surface area contributed by atoms with Crippen LogP contribution in [0.4, 0.5) is 5.69 Å². The molecule has 1 aromatic carbocycles. The van der Waals surface area contributed by atoms with Crippen molar-refractivity contribution in [3.05, 3.63) is 28.3 Å². The lowest BCUT2D eigenvalue weighted by Crippen LogP contribution is -2.42. The number of amides is 1. The largest absolute Gasteiger partial charge is 0.465 e. The van der Waals surface area contributed by atoms with E-state index in [4.69, 9.17) is 16.3 Å². The molecule has 1 amide bonds. The quantitative estimate of drug-likeness (QED) is 0.594. The van der Waals surface area contributed by atoms with Gasteiger partial charge in [0.2, 0.25) is 0 Å². The van der Waals surface area contributed by atoms with Crippen LogP contribution in [-0.2, 0) is 14.3 Å². The number of ketones is 1. The SMILES string of the molecule is COC(=O)c1cc(Cl)c2c(c1)N(CCN1CCOCC1)C(=O)C2=O. The van der Waals surface area contributed by atoms with Crippen molar-refractivity contribution < 1.29 is 23.9 Å². The van der Waals surface area contributed by atoms with Crippen molar-refractivity contribution in [2.45, 2.75) is 0 Å². The Morgan fingerprint density at radius 3 is 2.62 bits per heavy atom. The van der Waals surface area contributed by atoms with Crippen LogP contribution < -0.4 is 4.90 Å². The third-order valence-corrected chi connectivity index (χ3v) is 4.49. The van der Waals surface area contributed by atoms with E-state index in [1.165, 1.54) is 24.1 Å². The van der Waals surface area contributed by atoms with Crippen molar-refractivity contribution in [1.82, 2.24) is 4.90 Å². The number of ether oxygens (including phenoxy) is 2. The van der Waals surface area contributed by atoms with Crippen molar-refractivity contribution in [3.8, 4) is 0 Å². The van der Waals surface area contributed by atoms with Crippen molar-refractivity contribution in [1.29, 1.82) is 0 Å². The zero-order chi connectivity index (χ0) is 17.3. The van der Waals surface area contributed by atoms with E-state index in [0.717, 1.165) is 13.1 Å². The molecule has 0 bridgehead atoms. The standard InChI is InChI=1S/C16H17ClN2O5/c1-23-16(22)10-8-11(17)13-12(9-10)19(15(21)14(13)20)3-2-18-4-6-24-7-5-18/h8-9H,2-7H2,1H3. The normalized spacial score (nSPS) is 18.0. The highest BCUT2D eigenvalue weighted by molar-refractivity contribution is 6.55. The molecule has 0 unspecified atom stereocenters. The number of carbonyl (C=O) groups is 3. The van der Waals surface area contributed by atoms with Crippen molar-refractivity contribution in [2.75, 3.05) is 51.4 Å². The van der Waals surface area contributed by atoms with Gasteiger partial charge in [-0.15, -0.1) is 0 Å². The van der Waals surface area contributed by atoms with E-state index in [1.54, 1.807) is 0 Å². The molecule has 0 N–H and O–H groups in total. The van der Waals surface area contributed by atoms with Crippen LogP contribution >= 0.6 is 11.6 Å². The maximum Gasteiger partial charge on any atom is 0.337 e. The lowest BCUT2D eigenvalue weighted by atomic mass is 10.1. The summed E-state index contributed by atoms with van der Waals surface area (Å²) in [6.07, 6.45) is 0. The Kier molecular flexibility index (Phi) is 4.84. The molecule has 8 heteroatoms. The number of methoxy groups -OCH3 is 1. The van der Waals surface area contributed by atoms with Crippen molar-refractivity contribution in [2.24, 2.45) is 0 Å². The highest BCUT2D eigenvalue weighted by Crippen LogP contribution is 2.35. The topological polar surface area (TPSA) is 76.2 Å². The van der Waals surface area contributed by atoms with Gasteiger partial charge in [-0.1, -0.05) is 11.6 Å². The minimum Gasteiger partial charge on any atom is -0.465 e. The minimum absolute atomic E-state index is 0.0834. The van der Waals surface area contributed by atoms with Crippen LogP contribution in [0.3, 0.4) is 0 Å². The van der Waals surface area contributed by atoms with Gasteiger partial charge < -0.3 is 14.4 Å². The van der Waals surface area contributed by atoms with E-state index in [1.807, 2.05) is 0 Å². The second kappa shape index (κ2) is 6.88. The summed E-state index contributed by atoms with van der Waals surface area (Å²) in [4.78, 5) is 39.8. The number of hydrogen-bond donors (Lipinski definition) is 0. The highest BCUT2D eigenvalue weighted by Gasteiger charge is 2.38. The number of anilines is 1. The Balaban J connectivity index is 1.86. The number of carbonyl (C=O) groups excluding carboxylic acids is 3. The molecular formula is C16H17ClN2O5. The summed E-state index contributed by atoms with van der Waals surface area (Å²) in [5, 5.41) is 0.0834. The van der Waals surface area contributed by atoms with Crippen LogP contribution in [0.25, 0.3) is 0 Å². The van der Waals surface area contributed by atoms with E-state index in [9.17, 15) is 14.4 Å². The molecule has 2 aliphatic rings. The highest BCUT2D eigenvalue weighted by atomic mass is 35.5. The molecular weight excluding hydrogens is 336 g/mol. The predicted molar refractivity (Wildman–Crippen MR) is 86.7 cm³/mol. The Hall–Kier alpha value is -1.96. The molecule has 7 nitrogen and oxygen atoms in total. The third-order valence-electron chi connectivity index (χ3n) is 4.19. The first kappa shape index (κ1) is 16.9. The maximum atomic E-state index is 12.3. The van der Waals surface area contributed by atoms with Gasteiger partial charge in [0.05, 0.1) is 42.2 Å². The number of rotatable bonds is 4. The molecule has 0 saturated carbocycles. The molecule has 128 valence electrons. The molecule has 2 heterocycles. The molecule has 0 aromatic heterocycles. The molecule has 2 aliphatic heterocycles. The number of Topliss-reactive ketones (excluding diaryl/α,β-unsaturated/α-hetero) is 1. The number of hydrogen-bond acceptors (Lipinski definition) is 6. The number of nitrogens with zero attached hydrogens (tertiary/aromatic N) is 2. The molecule has 0 atom stereocenters. The number of esters is 1. The monoisotopic (exact) mass is 352 g/mol.